The number of ether oxygens (including phenoxy) is 1. The highest BCUT2D eigenvalue weighted by Crippen LogP contribution is 2.53. The second kappa shape index (κ2) is 5.52. The lowest BCUT2D eigenvalue weighted by Crippen LogP contribution is -2.47. The van der Waals surface area contributed by atoms with Gasteiger partial charge in [-0.3, -0.25) is 4.79 Å². The van der Waals surface area contributed by atoms with Crippen molar-refractivity contribution < 1.29 is 9.53 Å². The monoisotopic (exact) mass is 311 g/mol. The molecule has 1 saturated carbocycles. The Morgan fingerprint density at radius 2 is 2.39 bits per heavy atom. The van der Waals surface area contributed by atoms with Crippen LogP contribution in [0.3, 0.4) is 0 Å². The van der Waals surface area contributed by atoms with Crippen molar-refractivity contribution in [3.05, 3.63) is 51.7 Å². The lowest BCUT2D eigenvalue weighted by atomic mass is 9.56. The predicted octanol–water partition coefficient (Wildman–Crippen LogP) is 3.03. The number of hydrogen-bond acceptors (Lipinski definition) is 4. The molecule has 0 spiro atoms. The van der Waals surface area contributed by atoms with Gasteiger partial charge in [0.25, 0.3) is 0 Å². The Hall–Kier alpha value is -2.66. The number of allylic oxidation sites excluding steroid dienone is 2. The Labute approximate surface area is 133 Å². The zero-order valence-electron chi connectivity index (χ0n) is 13.1. The summed E-state index contributed by atoms with van der Waals surface area (Å²) in [5, 5.41) is 3.41. The summed E-state index contributed by atoms with van der Waals surface area (Å²) in [7, 11) is 1.51. The highest BCUT2D eigenvalue weighted by atomic mass is 16.5. The minimum absolute atomic E-state index is 0.131. The van der Waals surface area contributed by atoms with Crippen molar-refractivity contribution in [3.8, 4) is 6.01 Å². The van der Waals surface area contributed by atoms with Crippen LogP contribution in [0.25, 0.3) is 10.4 Å². The van der Waals surface area contributed by atoms with E-state index >= 15 is 0 Å². The van der Waals surface area contributed by atoms with Crippen LogP contribution in [0.1, 0.15) is 31.0 Å². The van der Waals surface area contributed by atoms with E-state index in [0.29, 0.717) is 18.4 Å². The number of amides is 1. The first-order valence-electron chi connectivity index (χ1n) is 7.40. The number of rotatable bonds is 2. The maximum Gasteiger partial charge on any atom is 0.316 e. The molecule has 118 valence electrons. The molecule has 23 heavy (non-hydrogen) atoms. The third-order valence-corrected chi connectivity index (χ3v) is 4.72. The van der Waals surface area contributed by atoms with E-state index in [1.165, 1.54) is 7.11 Å². The molecule has 1 fully saturated rings. The van der Waals surface area contributed by atoms with Gasteiger partial charge < -0.3 is 4.74 Å². The summed E-state index contributed by atoms with van der Waals surface area (Å²) in [5.74, 6) is -0.389. The van der Waals surface area contributed by atoms with Gasteiger partial charge in [-0.25, -0.2) is 4.98 Å². The minimum atomic E-state index is -1.03. The molecule has 2 bridgehead atoms. The van der Waals surface area contributed by atoms with E-state index in [4.69, 9.17) is 10.3 Å². The predicted molar refractivity (Wildman–Crippen MR) is 83.7 cm³/mol. The maximum atomic E-state index is 12.8. The van der Waals surface area contributed by atoms with Crippen LogP contribution in [-0.4, -0.2) is 23.0 Å². The second-order valence-electron chi connectivity index (χ2n) is 5.89. The highest BCUT2D eigenvalue weighted by molar-refractivity contribution is 5.94. The van der Waals surface area contributed by atoms with Crippen molar-refractivity contribution in [1.82, 2.24) is 9.97 Å². The Morgan fingerprint density at radius 1 is 1.61 bits per heavy atom. The van der Waals surface area contributed by atoms with Crippen LogP contribution in [0.4, 0.5) is 0 Å². The Morgan fingerprint density at radius 3 is 3.04 bits per heavy atom. The van der Waals surface area contributed by atoms with Gasteiger partial charge >= 0.3 is 6.01 Å². The summed E-state index contributed by atoms with van der Waals surface area (Å²) < 4.78 is 5.10. The first kappa shape index (κ1) is 15.2. The molecule has 0 aromatic carbocycles. The molecule has 1 heterocycles. The molecule has 7 heteroatoms. The molecule has 1 aromatic rings. The zero-order valence-corrected chi connectivity index (χ0v) is 13.1. The van der Waals surface area contributed by atoms with Gasteiger partial charge in [-0.1, -0.05) is 23.8 Å². The van der Waals surface area contributed by atoms with Crippen LogP contribution >= 0.6 is 0 Å². The summed E-state index contributed by atoms with van der Waals surface area (Å²) in [6, 6.07) is 0.274. The van der Waals surface area contributed by atoms with Gasteiger partial charge in [0.05, 0.1) is 18.2 Å². The minimum Gasteiger partial charge on any atom is -0.467 e. The van der Waals surface area contributed by atoms with E-state index < -0.39 is 11.3 Å². The van der Waals surface area contributed by atoms with Gasteiger partial charge in [-0.2, -0.15) is 4.98 Å². The topological polar surface area (TPSA) is 101 Å². The normalized spacial score (nSPS) is 27.1. The quantitative estimate of drug-likeness (QED) is 0.362. The largest absolute Gasteiger partial charge is 0.467 e. The zero-order chi connectivity index (χ0) is 16.6. The van der Waals surface area contributed by atoms with E-state index in [9.17, 15) is 4.79 Å². The van der Waals surface area contributed by atoms with Gasteiger partial charge in [-0.05, 0) is 42.7 Å². The smallest absolute Gasteiger partial charge is 0.316 e. The third kappa shape index (κ3) is 2.12. The van der Waals surface area contributed by atoms with Crippen LogP contribution < -0.4 is 4.74 Å². The number of azide groups is 1. The van der Waals surface area contributed by atoms with Crippen molar-refractivity contribution in [1.29, 1.82) is 0 Å². The van der Waals surface area contributed by atoms with Gasteiger partial charge in [-0.15, -0.1) is 0 Å². The SMILES string of the molecule is C=C1C[C@H]2Cc3nc(OC)ncc3[C@@](C(=O)N=[N+]=[N-])(C1)C2=CC. The van der Waals surface area contributed by atoms with E-state index in [-0.39, 0.29) is 11.9 Å². The fourth-order valence-corrected chi connectivity index (χ4v) is 3.95. The van der Waals surface area contributed by atoms with Crippen molar-refractivity contribution in [2.24, 2.45) is 11.0 Å². The number of hydrogen-bond donors (Lipinski definition) is 0. The Kier molecular flexibility index (Phi) is 3.66. The van der Waals surface area contributed by atoms with Crippen LogP contribution in [0.2, 0.25) is 0 Å². The molecule has 1 amide bonds. The molecule has 1 aromatic heterocycles. The van der Waals surface area contributed by atoms with Gasteiger partial charge in [0, 0.05) is 16.7 Å². The van der Waals surface area contributed by atoms with E-state index in [1.54, 1.807) is 6.20 Å². The van der Waals surface area contributed by atoms with Crippen molar-refractivity contribution in [3.63, 3.8) is 0 Å². The molecular formula is C16H17N5O2. The first-order chi connectivity index (χ1) is 11.1. The van der Waals surface area contributed by atoms with Crippen LogP contribution in [0.5, 0.6) is 6.01 Å². The number of carbonyl (C=O) groups is 1. The molecule has 3 rings (SSSR count). The summed E-state index contributed by atoms with van der Waals surface area (Å²) >= 11 is 0. The molecule has 0 saturated heterocycles. The highest BCUT2D eigenvalue weighted by Gasteiger charge is 2.53. The van der Waals surface area contributed by atoms with Gasteiger partial charge in [0.2, 0.25) is 5.91 Å². The number of methoxy groups -OCH3 is 1. The number of aromatic nitrogens is 2. The fourth-order valence-electron chi connectivity index (χ4n) is 3.95. The number of carbonyl (C=O) groups excluding carboxylic acids is 1. The summed E-state index contributed by atoms with van der Waals surface area (Å²) in [4.78, 5) is 24.1. The average molecular weight is 311 g/mol. The van der Waals surface area contributed by atoms with Crippen LogP contribution in [0.15, 0.2) is 35.1 Å². The van der Waals surface area contributed by atoms with Crippen molar-refractivity contribution in [2.45, 2.75) is 31.6 Å². The maximum absolute atomic E-state index is 12.8. The number of fused-ring (bicyclic) bond motifs is 4. The molecule has 0 N–H and O–H groups in total. The average Bonchev–Trinajstić information content (AvgIpc) is 2.53. The molecule has 2 aliphatic carbocycles. The Bertz CT molecular complexity index is 779. The van der Waals surface area contributed by atoms with Crippen LogP contribution in [-0.2, 0) is 16.6 Å². The van der Waals surface area contributed by atoms with E-state index in [2.05, 4.69) is 26.6 Å². The second-order valence-corrected chi connectivity index (χ2v) is 5.89. The van der Waals surface area contributed by atoms with Crippen LogP contribution in [0, 0.1) is 5.92 Å². The lowest BCUT2D eigenvalue weighted by Gasteiger charge is -2.47. The standard InChI is InChI=1S/C16H17N5O2/c1-4-11-10-5-9(2)7-16(11,14(22)20-21-17)12-8-18-15(23-3)19-13(12)6-10/h4,8,10H,2,5-7H2,1,3H3/t10-,16+/m0/s1. The molecular weight excluding hydrogens is 294 g/mol. The molecule has 2 aliphatic rings. The number of nitrogens with zero attached hydrogens (tertiary/aromatic N) is 5. The van der Waals surface area contributed by atoms with Crippen molar-refractivity contribution in [2.75, 3.05) is 7.11 Å². The summed E-state index contributed by atoms with van der Waals surface area (Å²) in [6.45, 7) is 5.99. The molecule has 0 aliphatic heterocycles. The summed E-state index contributed by atoms with van der Waals surface area (Å²) in [5.41, 5.74) is 11.2. The van der Waals surface area contributed by atoms with E-state index in [1.807, 2.05) is 13.0 Å². The first-order valence-corrected chi connectivity index (χ1v) is 7.40. The van der Waals surface area contributed by atoms with Gasteiger partial charge in [0.15, 0.2) is 0 Å². The third-order valence-electron chi connectivity index (χ3n) is 4.72. The van der Waals surface area contributed by atoms with Gasteiger partial charge in [0.1, 0.15) is 0 Å². The molecule has 2 atom stereocenters. The molecule has 0 unspecified atom stereocenters. The summed E-state index contributed by atoms with van der Waals surface area (Å²) in [6.07, 6.45) is 5.48. The van der Waals surface area contributed by atoms with Crippen molar-refractivity contribution >= 4 is 5.91 Å². The molecule has 7 nitrogen and oxygen atoms in total. The van der Waals surface area contributed by atoms with E-state index in [0.717, 1.165) is 23.3 Å². The fraction of sp³-hybridized carbons (Fsp3) is 0.438. The Balaban J connectivity index is 2.31. The molecule has 0 radical (unpaired) electrons. The lowest BCUT2D eigenvalue weighted by molar-refractivity contribution is -0.123.